The summed E-state index contributed by atoms with van der Waals surface area (Å²) in [6.45, 7) is 12.0. The van der Waals surface area contributed by atoms with Crippen LogP contribution in [0.2, 0.25) is 0 Å². The molecule has 0 radical (unpaired) electrons. The van der Waals surface area contributed by atoms with Crippen LogP contribution in [-0.2, 0) is 22.4 Å². The van der Waals surface area contributed by atoms with E-state index in [9.17, 15) is 9.18 Å². The van der Waals surface area contributed by atoms with Crippen LogP contribution in [-0.4, -0.2) is 107 Å². The van der Waals surface area contributed by atoms with Crippen LogP contribution < -0.4 is 14.4 Å². The van der Waals surface area contributed by atoms with E-state index in [4.69, 9.17) is 18.9 Å². The molecule has 2 fully saturated rings. The van der Waals surface area contributed by atoms with E-state index in [1.54, 1.807) is 4.90 Å². The number of amides is 1. The number of hydrogen-bond acceptors (Lipinski definition) is 11. The number of piperidine rings is 1. The smallest absolute Gasteiger partial charge is 0.282 e. The van der Waals surface area contributed by atoms with Crippen molar-refractivity contribution in [3.8, 4) is 17.4 Å². The number of hydrogen-bond donors (Lipinski definition) is 0. The van der Waals surface area contributed by atoms with Crippen LogP contribution in [0.3, 0.4) is 0 Å². The minimum absolute atomic E-state index is 0.0183. The first-order valence-electron chi connectivity index (χ1n) is 16.2. The molecule has 2 aromatic heterocycles. The summed E-state index contributed by atoms with van der Waals surface area (Å²) in [5.41, 5.74) is 2.36. The number of halogens is 1. The molecule has 1 amide bonds. The molecule has 12 nitrogen and oxygen atoms in total. The third-order valence-corrected chi connectivity index (χ3v) is 8.71. The molecule has 0 unspecified atom stereocenters. The van der Waals surface area contributed by atoms with Crippen molar-refractivity contribution >= 4 is 11.7 Å². The molecule has 3 aliphatic rings. The molecule has 1 aromatic carbocycles. The van der Waals surface area contributed by atoms with Crippen molar-refractivity contribution in [2.24, 2.45) is 0 Å². The largest absolute Gasteiger partial charge is 0.490 e. The van der Waals surface area contributed by atoms with Crippen molar-refractivity contribution in [1.82, 2.24) is 30.0 Å². The Morgan fingerprint density at radius 1 is 1.13 bits per heavy atom. The summed E-state index contributed by atoms with van der Waals surface area (Å²) in [5, 5.41) is 8.13. The van der Waals surface area contributed by atoms with Crippen molar-refractivity contribution in [2.45, 2.75) is 64.8 Å². The Balaban J connectivity index is 1.11. The van der Waals surface area contributed by atoms with Gasteiger partial charge in [-0.3, -0.25) is 14.7 Å². The topological polar surface area (TPSA) is 115 Å². The van der Waals surface area contributed by atoms with Crippen molar-refractivity contribution in [3.63, 3.8) is 0 Å². The van der Waals surface area contributed by atoms with E-state index < -0.39 is 5.82 Å². The van der Waals surface area contributed by atoms with Gasteiger partial charge in [-0.05, 0) is 45.0 Å². The second kappa shape index (κ2) is 14.7. The van der Waals surface area contributed by atoms with Crippen LogP contribution in [0, 0.1) is 5.82 Å². The molecule has 46 heavy (non-hydrogen) atoms. The third kappa shape index (κ3) is 7.37. The lowest BCUT2D eigenvalue weighted by Gasteiger charge is -2.35. The van der Waals surface area contributed by atoms with Gasteiger partial charge in [-0.25, -0.2) is 9.37 Å². The average molecular weight is 636 g/mol. The Bertz CT molecular complexity index is 1500. The Morgan fingerprint density at radius 2 is 1.98 bits per heavy atom. The van der Waals surface area contributed by atoms with Crippen LogP contribution in [0.4, 0.5) is 10.2 Å². The molecule has 2 saturated heterocycles. The van der Waals surface area contributed by atoms with Crippen LogP contribution in [0.5, 0.6) is 17.4 Å². The zero-order valence-corrected chi connectivity index (χ0v) is 26.7. The predicted molar refractivity (Wildman–Crippen MR) is 168 cm³/mol. The highest BCUT2D eigenvalue weighted by Gasteiger charge is 2.29. The number of aromatic nitrogens is 4. The van der Waals surface area contributed by atoms with E-state index in [0.29, 0.717) is 45.3 Å². The SMILES string of the molecule is CCN(C(=O)c1cc(F)ccc1Oc1nncnc1N1CCC(Oc2ccnc3c2CN(C[C@@H]2COCCO2)CC3)CC1)C(C)C. The Kier molecular flexibility index (Phi) is 10.2. The number of fused-ring (bicyclic) bond motifs is 1. The second-order valence-electron chi connectivity index (χ2n) is 12.1. The lowest BCUT2D eigenvalue weighted by molar-refractivity contribution is -0.0986. The van der Waals surface area contributed by atoms with E-state index >= 15 is 0 Å². The third-order valence-electron chi connectivity index (χ3n) is 8.71. The van der Waals surface area contributed by atoms with E-state index in [2.05, 4.69) is 30.0 Å². The van der Waals surface area contributed by atoms with Gasteiger partial charge >= 0.3 is 0 Å². The zero-order chi connectivity index (χ0) is 32.0. The molecule has 6 rings (SSSR count). The number of nitrogens with zero attached hydrogens (tertiary/aromatic N) is 7. The maximum absolute atomic E-state index is 14.3. The molecule has 3 aromatic rings. The number of rotatable bonds is 10. The molecule has 0 bridgehead atoms. The number of benzene rings is 1. The summed E-state index contributed by atoms with van der Waals surface area (Å²) in [5.74, 6) is 0.917. The first-order valence-corrected chi connectivity index (χ1v) is 16.2. The van der Waals surface area contributed by atoms with Gasteiger partial charge in [0, 0.05) is 82.0 Å². The molecular weight excluding hydrogens is 593 g/mol. The van der Waals surface area contributed by atoms with E-state index in [-0.39, 0.29) is 41.3 Å². The molecule has 0 N–H and O–H groups in total. The van der Waals surface area contributed by atoms with E-state index in [1.807, 2.05) is 33.0 Å². The molecule has 3 aliphatic heterocycles. The number of carbonyl (C=O) groups is 1. The normalized spacial score (nSPS) is 19.2. The van der Waals surface area contributed by atoms with Crippen molar-refractivity contribution in [3.05, 3.63) is 59.4 Å². The van der Waals surface area contributed by atoms with Gasteiger partial charge in [0.05, 0.1) is 31.5 Å². The maximum Gasteiger partial charge on any atom is 0.282 e. The lowest BCUT2D eigenvalue weighted by Crippen LogP contribution is -2.42. The minimum Gasteiger partial charge on any atom is -0.490 e. The summed E-state index contributed by atoms with van der Waals surface area (Å²) in [6.07, 6.45) is 5.71. The fraction of sp³-hybridized carbons (Fsp3) is 0.545. The van der Waals surface area contributed by atoms with Crippen LogP contribution in [0.25, 0.3) is 0 Å². The summed E-state index contributed by atoms with van der Waals surface area (Å²) in [6, 6.07) is 5.81. The summed E-state index contributed by atoms with van der Waals surface area (Å²) in [7, 11) is 0. The predicted octanol–water partition coefficient (Wildman–Crippen LogP) is 3.89. The Labute approximate surface area is 268 Å². The maximum atomic E-state index is 14.3. The summed E-state index contributed by atoms with van der Waals surface area (Å²) in [4.78, 5) is 28.6. The molecule has 0 saturated carbocycles. The van der Waals surface area contributed by atoms with Gasteiger partial charge in [-0.1, -0.05) is 0 Å². The molecular formula is C33H42FN7O5. The quantitative estimate of drug-likeness (QED) is 0.323. The Hall–Kier alpha value is -3.94. The summed E-state index contributed by atoms with van der Waals surface area (Å²) >= 11 is 0. The number of ether oxygens (including phenoxy) is 4. The zero-order valence-electron chi connectivity index (χ0n) is 26.7. The van der Waals surface area contributed by atoms with Gasteiger partial charge in [0.2, 0.25) is 0 Å². The van der Waals surface area contributed by atoms with Crippen molar-refractivity contribution in [1.29, 1.82) is 0 Å². The van der Waals surface area contributed by atoms with Crippen LogP contribution >= 0.6 is 0 Å². The number of carbonyl (C=O) groups excluding carboxylic acids is 1. The molecule has 1 atom stereocenters. The molecule has 5 heterocycles. The number of pyridine rings is 1. The molecule has 0 spiro atoms. The van der Waals surface area contributed by atoms with Crippen LogP contribution in [0.15, 0.2) is 36.8 Å². The highest BCUT2D eigenvalue weighted by molar-refractivity contribution is 5.97. The Morgan fingerprint density at radius 3 is 2.74 bits per heavy atom. The number of anilines is 1. The minimum atomic E-state index is -0.522. The van der Waals surface area contributed by atoms with Crippen LogP contribution in [0.1, 0.15) is 55.2 Å². The fourth-order valence-electron chi connectivity index (χ4n) is 6.33. The van der Waals surface area contributed by atoms with Gasteiger partial charge < -0.3 is 28.7 Å². The van der Waals surface area contributed by atoms with Gasteiger partial charge in [0.1, 0.15) is 29.7 Å². The highest BCUT2D eigenvalue weighted by Crippen LogP contribution is 2.34. The van der Waals surface area contributed by atoms with E-state index in [0.717, 1.165) is 55.9 Å². The highest BCUT2D eigenvalue weighted by atomic mass is 19.1. The van der Waals surface area contributed by atoms with Crippen molar-refractivity contribution < 1.29 is 28.1 Å². The molecule has 13 heteroatoms. The molecule has 246 valence electrons. The van der Waals surface area contributed by atoms with Gasteiger partial charge in [0.25, 0.3) is 11.8 Å². The second-order valence-corrected chi connectivity index (χ2v) is 12.1. The van der Waals surface area contributed by atoms with Gasteiger partial charge in [-0.15, -0.1) is 10.2 Å². The monoisotopic (exact) mass is 635 g/mol. The lowest BCUT2D eigenvalue weighted by atomic mass is 10.0. The standard InChI is InChI=1S/C33H42FN7O5/c1-4-41(22(2)3)33(42)26-17-23(34)5-6-29(26)46-32-31(36-21-37-38-32)40-13-8-24(9-14-40)45-30-7-11-35-28-10-12-39(19-27(28)30)18-25-20-43-15-16-44-25/h5-7,11,17,21-22,24-25H,4,8-10,12-16,18-20H2,1-3H3/t25-/m1/s1. The molecule has 0 aliphatic carbocycles. The first kappa shape index (κ1) is 32.0. The van der Waals surface area contributed by atoms with Crippen molar-refractivity contribution in [2.75, 3.05) is 57.4 Å². The fourth-order valence-corrected chi connectivity index (χ4v) is 6.33. The van der Waals surface area contributed by atoms with Gasteiger partial charge in [-0.2, -0.15) is 0 Å². The first-order chi connectivity index (χ1) is 22.4. The average Bonchev–Trinajstić information content (AvgIpc) is 3.07. The summed E-state index contributed by atoms with van der Waals surface area (Å²) < 4.78 is 38.5. The van der Waals surface area contributed by atoms with E-state index in [1.165, 1.54) is 24.5 Å². The van der Waals surface area contributed by atoms with Gasteiger partial charge in [0.15, 0.2) is 5.82 Å².